The molecule has 4 heteroatoms. The van der Waals surface area contributed by atoms with Gasteiger partial charge in [-0.25, -0.2) is 0 Å². The summed E-state index contributed by atoms with van der Waals surface area (Å²) in [5.74, 6) is -0.0533. The summed E-state index contributed by atoms with van der Waals surface area (Å²) in [6.45, 7) is 6.19. The van der Waals surface area contributed by atoms with E-state index in [1.165, 1.54) is 0 Å². The third-order valence-corrected chi connectivity index (χ3v) is 2.83. The van der Waals surface area contributed by atoms with Crippen LogP contribution >= 0.6 is 0 Å². The van der Waals surface area contributed by atoms with Gasteiger partial charge in [-0.05, 0) is 13.3 Å². The first-order chi connectivity index (χ1) is 7.08. The maximum atomic E-state index is 11.3. The van der Waals surface area contributed by atoms with E-state index in [9.17, 15) is 9.90 Å². The lowest BCUT2D eigenvalue weighted by molar-refractivity contribution is -0.122. The van der Waals surface area contributed by atoms with Crippen LogP contribution in [0.15, 0.2) is 12.7 Å². The second-order valence-electron chi connectivity index (χ2n) is 3.97. The molecule has 2 unspecified atom stereocenters. The predicted octanol–water partition coefficient (Wildman–Crippen LogP) is 0.609. The van der Waals surface area contributed by atoms with Crippen molar-refractivity contribution in [2.75, 3.05) is 13.2 Å². The van der Waals surface area contributed by atoms with Crippen molar-refractivity contribution in [2.45, 2.75) is 37.9 Å². The second kappa shape index (κ2) is 5.28. The van der Waals surface area contributed by atoms with Crippen molar-refractivity contribution in [3.63, 3.8) is 0 Å². The SMILES string of the molecule is C=CCCC(=O)NCC1(O)CCOC1C. The molecule has 0 spiro atoms. The van der Waals surface area contributed by atoms with Gasteiger partial charge >= 0.3 is 0 Å². The number of amides is 1. The lowest BCUT2D eigenvalue weighted by Gasteiger charge is -2.26. The average Bonchev–Trinajstić information content (AvgIpc) is 2.54. The number of carbonyl (C=O) groups excluding carboxylic acids is 1. The van der Waals surface area contributed by atoms with Crippen molar-refractivity contribution in [2.24, 2.45) is 0 Å². The highest BCUT2D eigenvalue weighted by molar-refractivity contribution is 5.76. The van der Waals surface area contributed by atoms with Gasteiger partial charge in [0.1, 0.15) is 5.60 Å². The van der Waals surface area contributed by atoms with Crippen LogP contribution in [0.4, 0.5) is 0 Å². The van der Waals surface area contributed by atoms with Crippen molar-refractivity contribution in [3.8, 4) is 0 Å². The Balaban J connectivity index is 2.29. The number of carbonyl (C=O) groups is 1. The van der Waals surface area contributed by atoms with E-state index < -0.39 is 5.60 Å². The Morgan fingerprint density at radius 3 is 3.07 bits per heavy atom. The van der Waals surface area contributed by atoms with Gasteiger partial charge in [-0.1, -0.05) is 6.08 Å². The van der Waals surface area contributed by atoms with E-state index in [4.69, 9.17) is 4.74 Å². The summed E-state index contributed by atoms with van der Waals surface area (Å²) >= 11 is 0. The Morgan fingerprint density at radius 1 is 1.80 bits per heavy atom. The van der Waals surface area contributed by atoms with E-state index in [0.717, 1.165) is 0 Å². The summed E-state index contributed by atoms with van der Waals surface area (Å²) in [7, 11) is 0. The van der Waals surface area contributed by atoms with Gasteiger partial charge in [-0.15, -0.1) is 6.58 Å². The number of aliphatic hydroxyl groups is 1. The topological polar surface area (TPSA) is 58.6 Å². The number of nitrogens with one attached hydrogen (secondary N) is 1. The highest BCUT2D eigenvalue weighted by Gasteiger charge is 2.39. The van der Waals surface area contributed by atoms with Crippen molar-refractivity contribution >= 4 is 5.91 Å². The Labute approximate surface area is 90.3 Å². The van der Waals surface area contributed by atoms with Crippen LogP contribution in [-0.4, -0.2) is 35.9 Å². The third-order valence-electron chi connectivity index (χ3n) is 2.83. The fraction of sp³-hybridized carbons (Fsp3) is 0.727. The van der Waals surface area contributed by atoms with E-state index in [2.05, 4.69) is 11.9 Å². The van der Waals surface area contributed by atoms with E-state index in [1.54, 1.807) is 6.08 Å². The maximum absolute atomic E-state index is 11.3. The Bertz CT molecular complexity index is 242. The maximum Gasteiger partial charge on any atom is 0.220 e. The molecule has 1 aliphatic heterocycles. The molecule has 1 rings (SSSR count). The predicted molar refractivity (Wildman–Crippen MR) is 57.4 cm³/mol. The molecule has 15 heavy (non-hydrogen) atoms. The summed E-state index contributed by atoms with van der Waals surface area (Å²) < 4.78 is 5.26. The molecule has 0 aromatic heterocycles. The molecule has 0 aliphatic carbocycles. The summed E-state index contributed by atoms with van der Waals surface area (Å²) in [5, 5.41) is 12.8. The van der Waals surface area contributed by atoms with Gasteiger partial charge in [0, 0.05) is 26.0 Å². The molecule has 1 fully saturated rings. The molecule has 4 nitrogen and oxygen atoms in total. The van der Waals surface area contributed by atoms with Crippen molar-refractivity contribution in [3.05, 3.63) is 12.7 Å². The van der Waals surface area contributed by atoms with Crippen LogP contribution in [0.5, 0.6) is 0 Å². The van der Waals surface area contributed by atoms with Gasteiger partial charge in [-0.2, -0.15) is 0 Å². The van der Waals surface area contributed by atoms with Crippen LogP contribution < -0.4 is 5.32 Å². The van der Waals surface area contributed by atoms with Gasteiger partial charge in [0.15, 0.2) is 0 Å². The smallest absolute Gasteiger partial charge is 0.220 e. The quantitative estimate of drug-likeness (QED) is 0.658. The fourth-order valence-corrected chi connectivity index (χ4v) is 1.58. The lowest BCUT2D eigenvalue weighted by atomic mass is 9.97. The van der Waals surface area contributed by atoms with Crippen LogP contribution in [0, 0.1) is 0 Å². The van der Waals surface area contributed by atoms with Gasteiger partial charge in [0.2, 0.25) is 5.91 Å². The number of hydrogen-bond acceptors (Lipinski definition) is 3. The standard InChI is InChI=1S/C11H19NO3/c1-3-4-5-10(13)12-8-11(14)6-7-15-9(11)2/h3,9,14H,1,4-8H2,2H3,(H,12,13). The summed E-state index contributed by atoms with van der Waals surface area (Å²) in [6.07, 6.45) is 3.16. The minimum absolute atomic E-state index is 0.0533. The Kier molecular flexibility index (Phi) is 4.29. The van der Waals surface area contributed by atoms with Crippen molar-refractivity contribution in [1.29, 1.82) is 0 Å². The largest absolute Gasteiger partial charge is 0.385 e. The molecule has 86 valence electrons. The van der Waals surface area contributed by atoms with Gasteiger partial charge in [0.05, 0.1) is 6.10 Å². The highest BCUT2D eigenvalue weighted by Crippen LogP contribution is 2.24. The van der Waals surface area contributed by atoms with Crippen LogP contribution in [0.3, 0.4) is 0 Å². The summed E-state index contributed by atoms with van der Waals surface area (Å²) in [4.78, 5) is 11.3. The fourth-order valence-electron chi connectivity index (χ4n) is 1.58. The van der Waals surface area contributed by atoms with Crippen LogP contribution in [0.1, 0.15) is 26.2 Å². The molecule has 0 bridgehead atoms. The minimum Gasteiger partial charge on any atom is -0.385 e. The molecule has 2 atom stereocenters. The molecular formula is C11H19NO3. The highest BCUT2D eigenvalue weighted by atomic mass is 16.5. The molecule has 0 radical (unpaired) electrons. The lowest BCUT2D eigenvalue weighted by Crippen LogP contribution is -2.47. The number of ether oxygens (including phenoxy) is 1. The second-order valence-corrected chi connectivity index (χ2v) is 3.97. The molecule has 0 aromatic carbocycles. The normalized spacial score (nSPS) is 30.1. The average molecular weight is 213 g/mol. The monoisotopic (exact) mass is 213 g/mol. The van der Waals surface area contributed by atoms with E-state index in [-0.39, 0.29) is 18.6 Å². The van der Waals surface area contributed by atoms with E-state index in [1.807, 2.05) is 6.92 Å². The first-order valence-electron chi connectivity index (χ1n) is 5.30. The van der Waals surface area contributed by atoms with Gasteiger partial charge < -0.3 is 15.2 Å². The van der Waals surface area contributed by atoms with Gasteiger partial charge in [0.25, 0.3) is 0 Å². The van der Waals surface area contributed by atoms with E-state index >= 15 is 0 Å². The van der Waals surface area contributed by atoms with Gasteiger partial charge in [-0.3, -0.25) is 4.79 Å². The minimum atomic E-state index is -0.899. The van der Waals surface area contributed by atoms with Crippen molar-refractivity contribution < 1.29 is 14.6 Å². The number of rotatable bonds is 5. The molecule has 1 amide bonds. The van der Waals surface area contributed by atoms with E-state index in [0.29, 0.717) is 25.9 Å². The molecule has 2 N–H and O–H groups in total. The molecule has 0 aromatic rings. The van der Waals surface area contributed by atoms with Crippen molar-refractivity contribution in [1.82, 2.24) is 5.32 Å². The Hall–Kier alpha value is -0.870. The van der Waals surface area contributed by atoms with Crippen LogP contribution in [0.2, 0.25) is 0 Å². The molecule has 0 saturated carbocycles. The first-order valence-corrected chi connectivity index (χ1v) is 5.30. The van der Waals surface area contributed by atoms with Crippen LogP contribution in [-0.2, 0) is 9.53 Å². The molecule has 1 aliphatic rings. The number of allylic oxidation sites excluding steroid dienone is 1. The zero-order valence-corrected chi connectivity index (χ0v) is 9.16. The molecule has 1 saturated heterocycles. The zero-order chi connectivity index (χ0) is 11.3. The Morgan fingerprint density at radius 2 is 2.53 bits per heavy atom. The summed E-state index contributed by atoms with van der Waals surface area (Å²) in [6, 6.07) is 0. The first kappa shape index (κ1) is 12.2. The third kappa shape index (κ3) is 3.32. The summed E-state index contributed by atoms with van der Waals surface area (Å²) in [5.41, 5.74) is -0.899. The molecular weight excluding hydrogens is 194 g/mol. The number of hydrogen-bond donors (Lipinski definition) is 2. The molecule has 1 heterocycles. The zero-order valence-electron chi connectivity index (χ0n) is 9.16. The van der Waals surface area contributed by atoms with Crippen LogP contribution in [0.25, 0.3) is 0 Å².